The zero-order valence-corrected chi connectivity index (χ0v) is 10.4. The van der Waals surface area contributed by atoms with Gasteiger partial charge in [-0.1, -0.05) is 13.8 Å². The Bertz CT molecular complexity index is 425. The molecule has 0 saturated carbocycles. The molecular formula is C12H18N2O3. The van der Waals surface area contributed by atoms with E-state index in [0.717, 1.165) is 19.4 Å². The van der Waals surface area contributed by atoms with Crippen LogP contribution in [0.1, 0.15) is 60.8 Å². The minimum Gasteiger partial charge on any atom is -0.475 e. The van der Waals surface area contributed by atoms with Crippen molar-refractivity contribution in [1.29, 1.82) is 0 Å². The van der Waals surface area contributed by atoms with Crippen molar-refractivity contribution in [1.82, 2.24) is 9.88 Å². The van der Waals surface area contributed by atoms with Gasteiger partial charge in [-0.3, -0.25) is 4.90 Å². The molecule has 1 fully saturated rings. The van der Waals surface area contributed by atoms with Gasteiger partial charge in [-0.05, 0) is 26.4 Å². The summed E-state index contributed by atoms with van der Waals surface area (Å²) in [6.07, 6.45) is 2.02. The summed E-state index contributed by atoms with van der Waals surface area (Å²) in [4.78, 5) is 17.7. The van der Waals surface area contributed by atoms with Crippen molar-refractivity contribution < 1.29 is 14.3 Å². The lowest BCUT2D eigenvalue weighted by Gasteiger charge is -2.16. The summed E-state index contributed by atoms with van der Waals surface area (Å²) >= 11 is 0. The molecule has 1 aromatic rings. The molecule has 0 aliphatic carbocycles. The molecule has 1 aliphatic rings. The summed E-state index contributed by atoms with van der Waals surface area (Å²) in [6, 6.07) is 0.0809. The van der Waals surface area contributed by atoms with Gasteiger partial charge in [0.1, 0.15) is 5.69 Å². The Morgan fingerprint density at radius 3 is 2.76 bits per heavy atom. The monoisotopic (exact) mass is 238 g/mol. The maximum atomic E-state index is 11.2. The molecule has 1 aromatic heterocycles. The van der Waals surface area contributed by atoms with Gasteiger partial charge in [-0.2, -0.15) is 0 Å². The van der Waals surface area contributed by atoms with Crippen LogP contribution in [0, 0.1) is 0 Å². The van der Waals surface area contributed by atoms with Crippen LogP contribution in [0.15, 0.2) is 4.42 Å². The largest absolute Gasteiger partial charge is 0.475 e. The first kappa shape index (κ1) is 12.1. The molecule has 94 valence electrons. The third-order valence-corrected chi connectivity index (χ3v) is 3.19. The van der Waals surface area contributed by atoms with Crippen molar-refractivity contribution in [3.8, 4) is 0 Å². The molecular weight excluding hydrogens is 220 g/mol. The summed E-state index contributed by atoms with van der Waals surface area (Å²) in [7, 11) is 1.99. The number of carboxylic acid groups (broad SMARTS) is 1. The highest BCUT2D eigenvalue weighted by Gasteiger charge is 2.32. The number of hydrogen-bond donors (Lipinski definition) is 1. The Labute approximate surface area is 100 Å². The predicted molar refractivity (Wildman–Crippen MR) is 62.2 cm³/mol. The average Bonchev–Trinajstić information content (AvgIpc) is 2.82. The van der Waals surface area contributed by atoms with Crippen molar-refractivity contribution in [3.63, 3.8) is 0 Å². The van der Waals surface area contributed by atoms with Crippen molar-refractivity contribution in [3.05, 3.63) is 17.3 Å². The molecule has 1 atom stereocenters. The highest BCUT2D eigenvalue weighted by molar-refractivity contribution is 5.85. The van der Waals surface area contributed by atoms with Gasteiger partial charge in [0.05, 0.1) is 6.04 Å². The molecule has 1 N–H and O–H groups in total. The number of likely N-dealkylation sites (tertiary alicyclic amines) is 1. The van der Waals surface area contributed by atoms with E-state index in [0.29, 0.717) is 11.6 Å². The maximum absolute atomic E-state index is 11.2. The second kappa shape index (κ2) is 4.49. The molecule has 0 spiro atoms. The summed E-state index contributed by atoms with van der Waals surface area (Å²) in [5.74, 6) is -0.404. The van der Waals surface area contributed by atoms with Gasteiger partial charge >= 0.3 is 5.97 Å². The van der Waals surface area contributed by atoms with Crippen molar-refractivity contribution >= 4 is 5.97 Å². The third kappa shape index (κ3) is 2.20. The standard InChI is InChI=1S/C12H18N2O3/c1-7(2)11-13-9(10(17-11)12(15)16)8-5-4-6-14(8)3/h7-8H,4-6H2,1-3H3,(H,15,16). The molecule has 0 aromatic carbocycles. The van der Waals surface area contributed by atoms with E-state index in [4.69, 9.17) is 9.52 Å². The first-order valence-corrected chi connectivity index (χ1v) is 5.95. The van der Waals surface area contributed by atoms with Crippen molar-refractivity contribution in [2.75, 3.05) is 13.6 Å². The lowest BCUT2D eigenvalue weighted by atomic mass is 10.1. The van der Waals surface area contributed by atoms with Crippen LogP contribution in [0.3, 0.4) is 0 Å². The van der Waals surface area contributed by atoms with Crippen LogP contribution in [0.2, 0.25) is 0 Å². The lowest BCUT2D eigenvalue weighted by Crippen LogP contribution is -2.19. The lowest BCUT2D eigenvalue weighted by molar-refractivity contribution is 0.0656. The van der Waals surface area contributed by atoms with Crippen LogP contribution in [0.4, 0.5) is 0 Å². The van der Waals surface area contributed by atoms with Gasteiger partial charge in [-0.15, -0.1) is 0 Å². The van der Waals surface area contributed by atoms with E-state index in [1.807, 2.05) is 20.9 Å². The highest BCUT2D eigenvalue weighted by Crippen LogP contribution is 2.33. The Morgan fingerprint density at radius 2 is 2.29 bits per heavy atom. The van der Waals surface area contributed by atoms with Gasteiger partial charge in [0.15, 0.2) is 5.89 Å². The van der Waals surface area contributed by atoms with Crippen LogP contribution in [0.5, 0.6) is 0 Å². The molecule has 0 radical (unpaired) electrons. The summed E-state index contributed by atoms with van der Waals surface area (Å²) in [5, 5.41) is 9.16. The van der Waals surface area contributed by atoms with Crippen LogP contribution >= 0.6 is 0 Å². The van der Waals surface area contributed by atoms with Gasteiger partial charge in [0, 0.05) is 5.92 Å². The van der Waals surface area contributed by atoms with Gasteiger partial charge in [-0.25, -0.2) is 9.78 Å². The predicted octanol–water partition coefficient (Wildman–Crippen LogP) is 2.26. The minimum atomic E-state index is -1.03. The maximum Gasteiger partial charge on any atom is 0.373 e. The fraction of sp³-hybridized carbons (Fsp3) is 0.667. The zero-order valence-electron chi connectivity index (χ0n) is 10.4. The molecule has 0 bridgehead atoms. The van der Waals surface area contributed by atoms with Crippen molar-refractivity contribution in [2.45, 2.75) is 38.6 Å². The topological polar surface area (TPSA) is 66.6 Å². The molecule has 1 unspecified atom stereocenters. The zero-order chi connectivity index (χ0) is 12.6. The Kier molecular flexibility index (Phi) is 3.19. The Morgan fingerprint density at radius 1 is 1.59 bits per heavy atom. The van der Waals surface area contributed by atoms with Crippen LogP contribution in [0.25, 0.3) is 0 Å². The third-order valence-electron chi connectivity index (χ3n) is 3.19. The summed E-state index contributed by atoms with van der Waals surface area (Å²) < 4.78 is 5.36. The SMILES string of the molecule is CC(C)c1nc(C2CCCN2C)c(C(=O)O)o1. The van der Waals surface area contributed by atoms with E-state index in [9.17, 15) is 4.79 Å². The number of carbonyl (C=O) groups is 1. The number of hydrogen-bond acceptors (Lipinski definition) is 4. The molecule has 17 heavy (non-hydrogen) atoms. The minimum absolute atomic E-state index is 0.00690. The molecule has 1 saturated heterocycles. The fourth-order valence-electron chi connectivity index (χ4n) is 2.23. The second-order valence-electron chi connectivity index (χ2n) is 4.86. The molecule has 5 heteroatoms. The fourth-order valence-corrected chi connectivity index (χ4v) is 2.23. The van der Waals surface area contributed by atoms with E-state index < -0.39 is 5.97 Å². The van der Waals surface area contributed by atoms with Crippen molar-refractivity contribution in [2.24, 2.45) is 0 Å². The van der Waals surface area contributed by atoms with E-state index in [-0.39, 0.29) is 17.7 Å². The number of nitrogens with zero attached hydrogens (tertiary/aromatic N) is 2. The van der Waals surface area contributed by atoms with Gasteiger partial charge in [0.25, 0.3) is 0 Å². The van der Waals surface area contributed by atoms with Gasteiger partial charge < -0.3 is 9.52 Å². The molecule has 2 rings (SSSR count). The number of aromatic carboxylic acids is 1. The first-order chi connectivity index (χ1) is 8.00. The first-order valence-electron chi connectivity index (χ1n) is 5.95. The molecule has 0 amide bonds. The molecule has 5 nitrogen and oxygen atoms in total. The average molecular weight is 238 g/mol. The van der Waals surface area contributed by atoms with E-state index >= 15 is 0 Å². The Balaban J connectivity index is 2.40. The second-order valence-corrected chi connectivity index (χ2v) is 4.86. The summed E-state index contributed by atoms with van der Waals surface area (Å²) in [5.41, 5.74) is 0.584. The quantitative estimate of drug-likeness (QED) is 0.874. The van der Waals surface area contributed by atoms with E-state index in [1.54, 1.807) is 0 Å². The van der Waals surface area contributed by atoms with E-state index in [1.165, 1.54) is 0 Å². The smallest absolute Gasteiger partial charge is 0.373 e. The normalized spacial score (nSPS) is 21.3. The number of aromatic nitrogens is 1. The highest BCUT2D eigenvalue weighted by atomic mass is 16.4. The number of oxazole rings is 1. The number of rotatable bonds is 3. The van der Waals surface area contributed by atoms with Crippen LogP contribution in [-0.4, -0.2) is 34.6 Å². The Hall–Kier alpha value is -1.36. The van der Waals surface area contributed by atoms with E-state index in [2.05, 4.69) is 9.88 Å². The summed E-state index contributed by atoms with van der Waals surface area (Å²) in [6.45, 7) is 4.87. The molecule has 1 aliphatic heterocycles. The number of carboxylic acids is 1. The molecule has 2 heterocycles. The van der Waals surface area contributed by atoms with Crippen LogP contribution < -0.4 is 0 Å². The van der Waals surface area contributed by atoms with Gasteiger partial charge in [0.2, 0.25) is 5.76 Å². The van der Waals surface area contributed by atoms with Crippen LogP contribution in [-0.2, 0) is 0 Å².